The van der Waals surface area contributed by atoms with Crippen LogP contribution in [0, 0.1) is 0 Å². The van der Waals surface area contributed by atoms with Gasteiger partial charge in [-0.25, -0.2) is 0 Å². The van der Waals surface area contributed by atoms with Crippen molar-refractivity contribution in [2.24, 2.45) is 5.73 Å². The van der Waals surface area contributed by atoms with Gasteiger partial charge in [0.2, 0.25) is 5.91 Å². The molecule has 106 valence electrons. The molecule has 3 nitrogen and oxygen atoms in total. The van der Waals surface area contributed by atoms with E-state index in [1.807, 2.05) is 30.3 Å². The molecular weight excluding hydrogens is 250 g/mol. The number of primary amides is 1. The zero-order valence-corrected chi connectivity index (χ0v) is 11.9. The van der Waals surface area contributed by atoms with E-state index in [1.165, 1.54) is 19.3 Å². The molecule has 0 saturated heterocycles. The van der Waals surface area contributed by atoms with Crippen LogP contribution in [0.25, 0.3) is 10.8 Å². The fourth-order valence-electron chi connectivity index (χ4n) is 2.32. The Balaban J connectivity index is 2.18. The van der Waals surface area contributed by atoms with Gasteiger partial charge in [-0.05, 0) is 23.9 Å². The molecule has 0 aliphatic heterocycles. The third kappa shape index (κ3) is 3.29. The normalized spacial score (nSPS) is 10.7. The van der Waals surface area contributed by atoms with Gasteiger partial charge in [-0.1, -0.05) is 50.5 Å². The average Bonchev–Trinajstić information content (AvgIpc) is 2.46. The van der Waals surface area contributed by atoms with Gasteiger partial charge in [-0.15, -0.1) is 0 Å². The predicted octanol–water partition coefficient (Wildman–Crippen LogP) is 3.90. The van der Waals surface area contributed by atoms with Crippen molar-refractivity contribution >= 4 is 16.7 Å². The van der Waals surface area contributed by atoms with Gasteiger partial charge in [0, 0.05) is 10.9 Å². The molecule has 0 aliphatic rings. The summed E-state index contributed by atoms with van der Waals surface area (Å²) in [5, 5.41) is 1.80. The first kappa shape index (κ1) is 14.4. The fraction of sp³-hybridized carbons (Fsp3) is 0.353. The summed E-state index contributed by atoms with van der Waals surface area (Å²) in [6.45, 7) is 2.90. The number of carbonyl (C=O) groups is 1. The Morgan fingerprint density at radius 2 is 1.80 bits per heavy atom. The van der Waals surface area contributed by atoms with Gasteiger partial charge in [0.1, 0.15) is 5.75 Å². The molecule has 0 spiro atoms. The number of unbranched alkanes of at least 4 members (excludes halogenated alkanes) is 3. The molecule has 0 bridgehead atoms. The number of fused-ring (bicyclic) bond motifs is 1. The second-order valence-electron chi connectivity index (χ2n) is 4.93. The lowest BCUT2D eigenvalue weighted by Crippen LogP contribution is -2.11. The van der Waals surface area contributed by atoms with Crippen molar-refractivity contribution in [3.8, 4) is 5.75 Å². The molecule has 0 unspecified atom stereocenters. The van der Waals surface area contributed by atoms with Crippen LogP contribution in [0.2, 0.25) is 0 Å². The van der Waals surface area contributed by atoms with Crippen LogP contribution < -0.4 is 10.5 Å². The van der Waals surface area contributed by atoms with E-state index in [4.69, 9.17) is 10.5 Å². The Kier molecular flexibility index (Phi) is 4.99. The lowest BCUT2D eigenvalue weighted by atomic mass is 10.0. The van der Waals surface area contributed by atoms with Crippen molar-refractivity contribution in [2.45, 2.75) is 32.6 Å². The molecule has 0 heterocycles. The van der Waals surface area contributed by atoms with E-state index in [2.05, 4.69) is 6.92 Å². The maximum Gasteiger partial charge on any atom is 0.249 e. The van der Waals surface area contributed by atoms with Gasteiger partial charge in [-0.3, -0.25) is 4.79 Å². The zero-order chi connectivity index (χ0) is 14.4. The van der Waals surface area contributed by atoms with Crippen LogP contribution in [0.15, 0.2) is 36.4 Å². The van der Waals surface area contributed by atoms with Gasteiger partial charge in [0.25, 0.3) is 0 Å². The molecule has 1 amide bonds. The first-order chi connectivity index (χ1) is 9.74. The van der Waals surface area contributed by atoms with E-state index >= 15 is 0 Å². The summed E-state index contributed by atoms with van der Waals surface area (Å²) in [5.74, 6) is 0.415. The van der Waals surface area contributed by atoms with E-state index in [-0.39, 0.29) is 0 Å². The van der Waals surface area contributed by atoms with E-state index < -0.39 is 5.91 Å². The van der Waals surface area contributed by atoms with Crippen LogP contribution in [0.4, 0.5) is 0 Å². The summed E-state index contributed by atoms with van der Waals surface area (Å²) in [6.07, 6.45) is 4.70. The lowest BCUT2D eigenvalue weighted by Gasteiger charge is -2.11. The second kappa shape index (κ2) is 6.94. The average molecular weight is 271 g/mol. The minimum atomic E-state index is -0.407. The molecular formula is C17H21NO2. The summed E-state index contributed by atoms with van der Waals surface area (Å²) in [5.41, 5.74) is 5.95. The van der Waals surface area contributed by atoms with Gasteiger partial charge < -0.3 is 10.5 Å². The largest absolute Gasteiger partial charge is 0.493 e. The fourth-order valence-corrected chi connectivity index (χ4v) is 2.32. The number of carbonyl (C=O) groups excluding carboxylic acids is 1. The monoisotopic (exact) mass is 271 g/mol. The Hall–Kier alpha value is -2.03. The standard InChI is InChI=1S/C17H21NO2/c1-2-3-4-7-12-20-16-11-10-15(17(18)19)13-8-5-6-9-14(13)16/h5-6,8-11H,2-4,7,12H2,1H3,(H2,18,19). The third-order valence-corrected chi connectivity index (χ3v) is 3.40. The molecule has 0 saturated carbocycles. The molecule has 0 aromatic heterocycles. The summed E-state index contributed by atoms with van der Waals surface area (Å²) in [4.78, 5) is 11.4. The molecule has 0 radical (unpaired) electrons. The Bertz CT molecular complexity index is 593. The molecule has 0 fully saturated rings. The summed E-state index contributed by atoms with van der Waals surface area (Å²) < 4.78 is 5.85. The van der Waals surface area contributed by atoms with E-state index in [1.54, 1.807) is 6.07 Å². The van der Waals surface area contributed by atoms with Crippen LogP contribution in [0.5, 0.6) is 5.75 Å². The van der Waals surface area contributed by atoms with Crippen molar-refractivity contribution in [3.63, 3.8) is 0 Å². The number of nitrogens with two attached hydrogens (primary N) is 1. The number of amides is 1. The summed E-state index contributed by atoms with van der Waals surface area (Å²) in [6, 6.07) is 11.3. The number of benzene rings is 2. The van der Waals surface area contributed by atoms with Crippen molar-refractivity contribution in [3.05, 3.63) is 42.0 Å². The molecule has 3 heteroatoms. The summed E-state index contributed by atoms with van der Waals surface area (Å²) in [7, 11) is 0. The Labute approximate surface area is 119 Å². The minimum Gasteiger partial charge on any atom is -0.493 e. The topological polar surface area (TPSA) is 52.3 Å². The van der Waals surface area contributed by atoms with Crippen LogP contribution in [-0.4, -0.2) is 12.5 Å². The molecule has 2 N–H and O–H groups in total. The number of hydrogen-bond acceptors (Lipinski definition) is 2. The minimum absolute atomic E-state index is 0.407. The maximum atomic E-state index is 11.4. The van der Waals surface area contributed by atoms with Crippen LogP contribution in [0.1, 0.15) is 43.0 Å². The molecule has 2 rings (SSSR count). The molecule has 20 heavy (non-hydrogen) atoms. The SMILES string of the molecule is CCCCCCOc1ccc(C(N)=O)c2ccccc12. The molecule has 2 aromatic rings. The van der Waals surface area contributed by atoms with Crippen molar-refractivity contribution in [2.75, 3.05) is 6.61 Å². The van der Waals surface area contributed by atoms with Crippen LogP contribution >= 0.6 is 0 Å². The highest BCUT2D eigenvalue weighted by molar-refractivity contribution is 6.07. The highest BCUT2D eigenvalue weighted by Crippen LogP contribution is 2.28. The van der Waals surface area contributed by atoms with Crippen molar-refractivity contribution in [1.29, 1.82) is 0 Å². The van der Waals surface area contributed by atoms with Gasteiger partial charge in [-0.2, -0.15) is 0 Å². The highest BCUT2D eigenvalue weighted by Gasteiger charge is 2.09. The number of ether oxygens (including phenoxy) is 1. The number of hydrogen-bond donors (Lipinski definition) is 1. The van der Waals surface area contributed by atoms with Gasteiger partial charge >= 0.3 is 0 Å². The highest BCUT2D eigenvalue weighted by atomic mass is 16.5. The van der Waals surface area contributed by atoms with Crippen LogP contribution in [-0.2, 0) is 0 Å². The summed E-state index contributed by atoms with van der Waals surface area (Å²) >= 11 is 0. The molecule has 0 atom stereocenters. The van der Waals surface area contributed by atoms with Gasteiger partial charge in [0.15, 0.2) is 0 Å². The van der Waals surface area contributed by atoms with Crippen molar-refractivity contribution < 1.29 is 9.53 Å². The predicted molar refractivity (Wildman–Crippen MR) is 82.1 cm³/mol. The van der Waals surface area contributed by atoms with E-state index in [0.29, 0.717) is 12.2 Å². The lowest BCUT2D eigenvalue weighted by molar-refractivity contribution is 0.100. The number of rotatable bonds is 7. The molecule has 0 aliphatic carbocycles. The zero-order valence-electron chi connectivity index (χ0n) is 11.9. The van der Waals surface area contributed by atoms with E-state index in [9.17, 15) is 4.79 Å². The van der Waals surface area contributed by atoms with Gasteiger partial charge in [0.05, 0.1) is 6.61 Å². The first-order valence-electron chi connectivity index (χ1n) is 7.18. The third-order valence-electron chi connectivity index (χ3n) is 3.40. The second-order valence-corrected chi connectivity index (χ2v) is 4.93. The Morgan fingerprint density at radius 1 is 1.05 bits per heavy atom. The molecule has 2 aromatic carbocycles. The smallest absolute Gasteiger partial charge is 0.249 e. The quantitative estimate of drug-likeness (QED) is 0.776. The van der Waals surface area contributed by atoms with Crippen LogP contribution in [0.3, 0.4) is 0 Å². The maximum absolute atomic E-state index is 11.4. The Morgan fingerprint density at radius 3 is 2.50 bits per heavy atom. The first-order valence-corrected chi connectivity index (χ1v) is 7.18. The van der Waals surface area contributed by atoms with E-state index in [0.717, 1.165) is 22.9 Å². The van der Waals surface area contributed by atoms with Crippen molar-refractivity contribution in [1.82, 2.24) is 0 Å².